The Balaban J connectivity index is 0. The molecule has 0 atom stereocenters. The Kier molecular flexibility index (Phi) is 25.2. The van der Waals surface area contributed by atoms with Crippen LogP contribution in [0, 0.1) is 30.6 Å². The summed E-state index contributed by atoms with van der Waals surface area (Å²) in [6.07, 6.45) is 26.2. The van der Waals surface area contributed by atoms with Gasteiger partial charge in [-0.2, -0.15) is 25.7 Å². The van der Waals surface area contributed by atoms with Crippen LogP contribution in [0.3, 0.4) is 0 Å². The second-order valence-corrected chi connectivity index (χ2v) is 8.72. The third-order valence-electron chi connectivity index (χ3n) is 5.76. The molecule has 0 N–H and O–H groups in total. The average Bonchev–Trinajstić information content (AvgIpc) is 2.65. The van der Waals surface area contributed by atoms with Crippen LogP contribution in [0.25, 0.3) is 0 Å². The van der Waals surface area contributed by atoms with Gasteiger partial charge in [-0.15, -0.1) is 0 Å². The zero-order valence-corrected chi connectivity index (χ0v) is 21.9. The summed E-state index contributed by atoms with van der Waals surface area (Å²) >= 11 is 0. The molecule has 0 aromatic rings. The minimum Gasteiger partial charge on any atom is -0.328 e. The molecular weight excluding hydrogens is 389 g/mol. The zero-order valence-electron chi connectivity index (χ0n) is 19.1. The summed E-state index contributed by atoms with van der Waals surface area (Å²) in [4.78, 5) is 0. The molecule has 26 heavy (non-hydrogen) atoms. The summed E-state index contributed by atoms with van der Waals surface area (Å²) in [5.74, 6) is 3.10. The van der Waals surface area contributed by atoms with Crippen molar-refractivity contribution in [2.75, 3.05) is 0 Å². The maximum atomic E-state index is 2.40. The van der Waals surface area contributed by atoms with Crippen molar-refractivity contribution >= 4 is 0 Å². The van der Waals surface area contributed by atoms with Gasteiger partial charge in [-0.25, -0.2) is 0 Å². The number of hydrogen-bond donors (Lipinski definition) is 0. The molecule has 1 heteroatoms. The predicted octanol–water partition coefficient (Wildman–Crippen LogP) is 9.19. The van der Waals surface area contributed by atoms with E-state index >= 15 is 0 Å². The van der Waals surface area contributed by atoms with E-state index in [1.165, 1.54) is 96.3 Å². The minimum absolute atomic E-state index is 0. The van der Waals surface area contributed by atoms with E-state index in [2.05, 4.69) is 47.5 Å². The molecule has 0 amide bonds. The van der Waals surface area contributed by atoms with E-state index in [1.54, 1.807) is 0 Å². The normalized spacial score (nSPS) is 21.6. The van der Waals surface area contributed by atoms with Crippen LogP contribution in [0.1, 0.15) is 131 Å². The fourth-order valence-corrected chi connectivity index (χ4v) is 3.78. The molecular formula is C25H50Y-2. The first-order chi connectivity index (χ1) is 12.1. The Morgan fingerprint density at radius 3 is 1.15 bits per heavy atom. The molecule has 0 nitrogen and oxygen atoms in total. The van der Waals surface area contributed by atoms with Crippen molar-refractivity contribution in [1.29, 1.82) is 0 Å². The van der Waals surface area contributed by atoms with E-state index in [0.29, 0.717) is 0 Å². The molecule has 155 valence electrons. The van der Waals surface area contributed by atoms with Gasteiger partial charge in [0, 0.05) is 32.7 Å². The second-order valence-electron chi connectivity index (χ2n) is 8.72. The van der Waals surface area contributed by atoms with Crippen molar-refractivity contribution in [2.24, 2.45) is 17.8 Å². The Bertz CT molecular complexity index is 217. The van der Waals surface area contributed by atoms with Crippen LogP contribution in [-0.2, 0) is 32.7 Å². The van der Waals surface area contributed by atoms with E-state index < -0.39 is 0 Å². The first-order valence-electron chi connectivity index (χ1n) is 11.8. The van der Waals surface area contributed by atoms with E-state index in [0.717, 1.165) is 17.8 Å². The van der Waals surface area contributed by atoms with E-state index in [1.807, 2.05) is 0 Å². The van der Waals surface area contributed by atoms with Gasteiger partial charge in [-0.1, -0.05) is 105 Å². The molecule has 0 aliphatic heterocycles. The summed E-state index contributed by atoms with van der Waals surface area (Å²) in [5.41, 5.74) is 0. The third kappa shape index (κ3) is 19.9. The monoisotopic (exact) mass is 439 g/mol. The Labute approximate surface area is 193 Å². The van der Waals surface area contributed by atoms with Gasteiger partial charge in [0.1, 0.15) is 0 Å². The summed E-state index contributed by atoms with van der Waals surface area (Å²) in [6.45, 7) is 11.2. The summed E-state index contributed by atoms with van der Waals surface area (Å²) in [5, 5.41) is 0. The van der Waals surface area contributed by atoms with Crippen LogP contribution in [0.2, 0.25) is 0 Å². The fraction of sp³-hybridized carbons (Fsp3) is 0.920. The van der Waals surface area contributed by atoms with Crippen molar-refractivity contribution in [3.05, 3.63) is 12.8 Å². The first-order valence-corrected chi connectivity index (χ1v) is 11.8. The molecule has 0 aromatic carbocycles. The van der Waals surface area contributed by atoms with Crippen molar-refractivity contribution in [1.82, 2.24) is 0 Å². The van der Waals surface area contributed by atoms with Gasteiger partial charge in [0.05, 0.1) is 0 Å². The molecule has 1 radical (unpaired) electrons. The van der Waals surface area contributed by atoms with Crippen LogP contribution in [0.4, 0.5) is 0 Å². The van der Waals surface area contributed by atoms with Gasteiger partial charge in [0.2, 0.25) is 0 Å². The summed E-state index contributed by atoms with van der Waals surface area (Å²) < 4.78 is 0. The molecule has 0 aromatic heterocycles. The molecule has 3 saturated carbocycles. The molecule has 0 saturated heterocycles. The Morgan fingerprint density at radius 1 is 0.615 bits per heavy atom. The van der Waals surface area contributed by atoms with Crippen molar-refractivity contribution in [3.8, 4) is 0 Å². The van der Waals surface area contributed by atoms with Crippen molar-refractivity contribution < 1.29 is 32.7 Å². The predicted molar refractivity (Wildman–Crippen MR) is 117 cm³/mol. The molecule has 3 aliphatic carbocycles. The van der Waals surface area contributed by atoms with Crippen LogP contribution in [0.15, 0.2) is 0 Å². The number of rotatable bonds is 1. The summed E-state index contributed by atoms with van der Waals surface area (Å²) in [7, 11) is 0. The van der Waals surface area contributed by atoms with Gasteiger partial charge in [0.15, 0.2) is 0 Å². The van der Waals surface area contributed by atoms with Gasteiger partial charge >= 0.3 is 0 Å². The SMILES string of the molecule is CC1CC[CH-]CC1.CC1CC[CH-]CC1.CCC.CCC1CCCCC1.[Y]. The maximum absolute atomic E-state index is 2.40. The third-order valence-corrected chi connectivity index (χ3v) is 5.76. The summed E-state index contributed by atoms with van der Waals surface area (Å²) in [6, 6.07) is 0. The van der Waals surface area contributed by atoms with Gasteiger partial charge < -0.3 is 12.8 Å². The van der Waals surface area contributed by atoms with Crippen molar-refractivity contribution in [2.45, 2.75) is 131 Å². The molecule has 0 bridgehead atoms. The Hall–Kier alpha value is 1.10. The van der Waals surface area contributed by atoms with E-state index in [4.69, 9.17) is 0 Å². The van der Waals surface area contributed by atoms with Crippen LogP contribution in [-0.4, -0.2) is 0 Å². The maximum Gasteiger partial charge on any atom is 0 e. The van der Waals surface area contributed by atoms with Gasteiger partial charge in [0.25, 0.3) is 0 Å². The van der Waals surface area contributed by atoms with Crippen LogP contribution >= 0.6 is 0 Å². The molecule has 3 rings (SSSR count). The topological polar surface area (TPSA) is 0 Å². The smallest absolute Gasteiger partial charge is 0 e. The molecule has 3 aliphatic rings. The molecule has 3 fully saturated rings. The Morgan fingerprint density at radius 2 is 0.962 bits per heavy atom. The quantitative estimate of drug-likeness (QED) is 0.357. The van der Waals surface area contributed by atoms with E-state index in [-0.39, 0.29) is 32.7 Å². The van der Waals surface area contributed by atoms with Crippen molar-refractivity contribution in [3.63, 3.8) is 0 Å². The first kappa shape index (κ1) is 29.3. The van der Waals surface area contributed by atoms with Gasteiger partial charge in [-0.3, -0.25) is 0 Å². The van der Waals surface area contributed by atoms with Crippen LogP contribution in [0.5, 0.6) is 0 Å². The fourth-order valence-electron chi connectivity index (χ4n) is 3.78. The molecule has 0 spiro atoms. The second kappa shape index (κ2) is 22.4. The number of hydrogen-bond acceptors (Lipinski definition) is 0. The standard InChI is InChI=1S/C8H16.2C7H13.C3H8.Y/c1-2-8-6-4-3-5-7-8;2*1-7-5-3-2-4-6-7;1-3-2;/h8H,2-7H2,1H3;2*2,7H,3-6H2,1H3;3H2,1-2H3;/q;2*-1;;. The van der Waals surface area contributed by atoms with Crippen LogP contribution < -0.4 is 0 Å². The molecule has 0 unspecified atom stereocenters. The van der Waals surface area contributed by atoms with E-state index in [9.17, 15) is 0 Å². The zero-order chi connectivity index (χ0) is 18.8. The van der Waals surface area contributed by atoms with Gasteiger partial charge in [-0.05, 0) is 17.8 Å². The minimum atomic E-state index is 0. The largest absolute Gasteiger partial charge is 0.328 e. The average molecular weight is 440 g/mol. The molecule has 0 heterocycles.